The van der Waals surface area contributed by atoms with E-state index < -0.39 is 12.1 Å². The van der Waals surface area contributed by atoms with Gasteiger partial charge in [0, 0.05) is 12.4 Å². The quantitative estimate of drug-likeness (QED) is 0.390. The highest BCUT2D eigenvalue weighted by atomic mass is 16.6. The normalized spacial score (nSPS) is 10.2. The number of hydrazone groups is 1. The Bertz CT molecular complexity index is 747. The maximum absolute atomic E-state index is 12.0. The minimum atomic E-state index is -0.680. The van der Waals surface area contributed by atoms with Gasteiger partial charge in [-0.15, -0.1) is 0 Å². The number of pyridine rings is 1. The van der Waals surface area contributed by atoms with Crippen molar-refractivity contribution in [1.82, 2.24) is 10.4 Å². The summed E-state index contributed by atoms with van der Waals surface area (Å²) in [4.78, 5) is 26.8. The lowest BCUT2D eigenvalue weighted by Crippen LogP contribution is -2.16. The Kier molecular flexibility index (Phi) is 5.84. The Morgan fingerprint density at radius 1 is 1.21 bits per heavy atom. The number of aromatic nitrogens is 1. The van der Waals surface area contributed by atoms with Crippen LogP contribution in [-0.4, -0.2) is 37.5 Å². The molecular formula is C16H15N3O5. The highest BCUT2D eigenvalue weighted by molar-refractivity contribution is 5.91. The van der Waals surface area contributed by atoms with Gasteiger partial charge in [0.25, 0.3) is 0 Å². The van der Waals surface area contributed by atoms with Gasteiger partial charge in [-0.2, -0.15) is 5.10 Å². The number of benzene rings is 1. The van der Waals surface area contributed by atoms with E-state index in [9.17, 15) is 9.59 Å². The van der Waals surface area contributed by atoms with Crippen molar-refractivity contribution in [2.45, 2.75) is 0 Å². The molecule has 8 heteroatoms. The number of hydrogen-bond acceptors (Lipinski definition) is 7. The lowest BCUT2D eigenvalue weighted by atomic mass is 10.2. The molecule has 0 atom stereocenters. The second kappa shape index (κ2) is 8.28. The lowest BCUT2D eigenvalue weighted by molar-refractivity contribution is 0.0729. The first-order valence-corrected chi connectivity index (χ1v) is 6.81. The molecule has 24 heavy (non-hydrogen) atoms. The third kappa shape index (κ3) is 4.54. The van der Waals surface area contributed by atoms with E-state index in [1.165, 1.54) is 26.6 Å². The van der Waals surface area contributed by atoms with Crippen molar-refractivity contribution in [3.05, 3.63) is 53.9 Å². The van der Waals surface area contributed by atoms with E-state index in [1.807, 2.05) is 0 Å². The minimum absolute atomic E-state index is 0.254. The van der Waals surface area contributed by atoms with Crippen molar-refractivity contribution in [2.75, 3.05) is 14.2 Å². The molecule has 8 nitrogen and oxygen atoms in total. The van der Waals surface area contributed by atoms with Crippen LogP contribution < -0.4 is 14.9 Å². The molecule has 1 heterocycles. The van der Waals surface area contributed by atoms with Crippen molar-refractivity contribution in [2.24, 2.45) is 5.10 Å². The van der Waals surface area contributed by atoms with Gasteiger partial charge in [-0.25, -0.2) is 15.0 Å². The van der Waals surface area contributed by atoms with Crippen molar-refractivity contribution >= 4 is 18.3 Å². The smallest absolute Gasteiger partial charge is 0.427 e. The van der Waals surface area contributed by atoms with Gasteiger partial charge in [0.15, 0.2) is 11.5 Å². The molecule has 2 rings (SSSR count). The monoisotopic (exact) mass is 329 g/mol. The third-order valence-corrected chi connectivity index (χ3v) is 2.84. The molecule has 124 valence electrons. The summed E-state index contributed by atoms with van der Waals surface area (Å²) in [6.45, 7) is 0. The first-order valence-electron chi connectivity index (χ1n) is 6.81. The minimum Gasteiger partial charge on any atom is -0.493 e. The number of carbonyl (C=O) groups is 2. The van der Waals surface area contributed by atoms with Crippen LogP contribution in [0.2, 0.25) is 0 Å². The molecule has 1 aromatic heterocycles. The second-order valence-electron chi connectivity index (χ2n) is 4.40. The molecule has 0 saturated carbocycles. The Hall–Kier alpha value is -3.42. The fourth-order valence-electron chi connectivity index (χ4n) is 1.70. The van der Waals surface area contributed by atoms with Crippen LogP contribution in [0.1, 0.15) is 15.9 Å². The largest absolute Gasteiger partial charge is 0.493 e. The number of nitrogens with one attached hydrogen (secondary N) is 1. The third-order valence-electron chi connectivity index (χ3n) is 2.84. The molecular weight excluding hydrogens is 314 g/mol. The number of rotatable bonds is 5. The fraction of sp³-hybridized carbons (Fsp3) is 0.125. The number of amides is 1. The van der Waals surface area contributed by atoms with Crippen molar-refractivity contribution in [3.63, 3.8) is 0 Å². The van der Waals surface area contributed by atoms with E-state index in [1.54, 1.807) is 36.5 Å². The van der Waals surface area contributed by atoms with Gasteiger partial charge in [-0.1, -0.05) is 0 Å². The van der Waals surface area contributed by atoms with E-state index in [2.05, 4.69) is 20.2 Å². The number of hydrogen-bond donors (Lipinski definition) is 1. The molecule has 0 aliphatic rings. The van der Waals surface area contributed by atoms with E-state index in [4.69, 9.17) is 9.47 Å². The van der Waals surface area contributed by atoms with Crippen LogP contribution in [0.25, 0.3) is 0 Å². The second-order valence-corrected chi connectivity index (χ2v) is 4.40. The molecule has 0 radical (unpaired) electrons. The van der Waals surface area contributed by atoms with Gasteiger partial charge >= 0.3 is 12.1 Å². The number of methoxy groups -OCH3 is 2. The van der Waals surface area contributed by atoms with Gasteiger partial charge < -0.3 is 14.2 Å². The summed E-state index contributed by atoms with van der Waals surface area (Å²) in [5.74, 6) is 0.0499. The molecule has 0 saturated heterocycles. The summed E-state index contributed by atoms with van der Waals surface area (Å²) in [5.41, 5.74) is 3.12. The van der Waals surface area contributed by atoms with Gasteiger partial charge in [0.1, 0.15) is 0 Å². The summed E-state index contributed by atoms with van der Waals surface area (Å²) in [6.07, 6.45) is 3.69. The Balaban J connectivity index is 2.11. The topological polar surface area (TPSA) is 99.1 Å². The van der Waals surface area contributed by atoms with Crippen LogP contribution in [0.3, 0.4) is 0 Å². The van der Waals surface area contributed by atoms with E-state index in [0.717, 1.165) is 0 Å². The van der Waals surface area contributed by atoms with Crippen molar-refractivity contribution < 1.29 is 23.8 Å². The maximum Gasteiger partial charge on any atom is 0.427 e. The summed E-state index contributed by atoms with van der Waals surface area (Å²) < 4.78 is 14.9. The Morgan fingerprint density at radius 3 is 2.71 bits per heavy atom. The summed E-state index contributed by atoms with van der Waals surface area (Å²) >= 11 is 0. The summed E-state index contributed by atoms with van der Waals surface area (Å²) in [7, 11) is 2.68. The molecule has 0 fully saturated rings. The van der Waals surface area contributed by atoms with Crippen LogP contribution in [-0.2, 0) is 4.74 Å². The first kappa shape index (κ1) is 16.9. The highest BCUT2D eigenvalue weighted by Crippen LogP contribution is 2.28. The van der Waals surface area contributed by atoms with Gasteiger partial charge in [-0.05, 0) is 35.9 Å². The number of ether oxygens (including phenoxy) is 3. The molecule has 0 aliphatic heterocycles. The predicted molar refractivity (Wildman–Crippen MR) is 85.3 cm³/mol. The zero-order chi connectivity index (χ0) is 17.4. The maximum atomic E-state index is 12.0. The number of esters is 1. The molecule has 0 unspecified atom stereocenters. The first-order chi connectivity index (χ1) is 11.6. The average Bonchev–Trinajstić information content (AvgIpc) is 2.63. The zero-order valence-electron chi connectivity index (χ0n) is 13.1. The molecule has 1 aromatic carbocycles. The molecule has 0 aliphatic carbocycles. The fourth-order valence-corrected chi connectivity index (χ4v) is 1.70. The predicted octanol–water partition coefficient (Wildman–Crippen LogP) is 2.00. The van der Waals surface area contributed by atoms with Crippen LogP contribution in [0.4, 0.5) is 4.79 Å². The van der Waals surface area contributed by atoms with Crippen LogP contribution in [0.5, 0.6) is 11.5 Å². The molecule has 2 aromatic rings. The SMILES string of the molecule is COC(=O)N/N=C\c1ccc(OC(=O)c2cccnc2)c(OC)c1. The van der Waals surface area contributed by atoms with Crippen molar-refractivity contribution in [1.29, 1.82) is 0 Å². The standard InChI is InChI=1S/C16H15N3O5/c1-22-14-8-11(9-18-19-16(21)23-2)5-6-13(14)24-15(20)12-4-3-7-17-10-12/h3-10H,1-2H3,(H,19,21)/b18-9-. The van der Waals surface area contributed by atoms with E-state index >= 15 is 0 Å². The zero-order valence-corrected chi connectivity index (χ0v) is 13.1. The Morgan fingerprint density at radius 2 is 2.04 bits per heavy atom. The Labute approximate surface area is 138 Å². The summed E-state index contributed by atoms with van der Waals surface area (Å²) in [6, 6.07) is 8.06. The van der Waals surface area contributed by atoms with Crippen LogP contribution in [0, 0.1) is 0 Å². The average molecular weight is 329 g/mol. The van der Waals surface area contributed by atoms with Crippen LogP contribution in [0.15, 0.2) is 47.8 Å². The van der Waals surface area contributed by atoms with Gasteiger partial charge in [0.05, 0.1) is 26.0 Å². The number of carbonyl (C=O) groups excluding carboxylic acids is 2. The van der Waals surface area contributed by atoms with Gasteiger partial charge in [-0.3, -0.25) is 4.98 Å². The molecule has 1 N–H and O–H groups in total. The lowest BCUT2D eigenvalue weighted by Gasteiger charge is -2.09. The van der Waals surface area contributed by atoms with Crippen molar-refractivity contribution in [3.8, 4) is 11.5 Å². The summed E-state index contributed by atoms with van der Waals surface area (Å²) in [5, 5.41) is 3.70. The molecule has 0 spiro atoms. The highest BCUT2D eigenvalue weighted by Gasteiger charge is 2.12. The molecule has 1 amide bonds. The van der Waals surface area contributed by atoms with Crippen LogP contribution >= 0.6 is 0 Å². The van der Waals surface area contributed by atoms with E-state index in [0.29, 0.717) is 16.9 Å². The number of nitrogens with zero attached hydrogens (tertiary/aromatic N) is 2. The van der Waals surface area contributed by atoms with Gasteiger partial charge in [0.2, 0.25) is 0 Å². The molecule has 0 bridgehead atoms. The van der Waals surface area contributed by atoms with E-state index in [-0.39, 0.29) is 5.75 Å².